The number of hydrogen-bond acceptors (Lipinski definition) is 4. The third-order valence-corrected chi connectivity index (χ3v) is 3.34. The minimum atomic E-state index is -0.268. The van der Waals surface area contributed by atoms with Crippen molar-refractivity contribution in [1.82, 2.24) is 9.88 Å². The summed E-state index contributed by atoms with van der Waals surface area (Å²) in [4.78, 5) is 16.9. The summed E-state index contributed by atoms with van der Waals surface area (Å²) < 4.78 is 5.93. The highest BCUT2D eigenvalue weighted by Gasteiger charge is 2.05. The molecule has 0 aliphatic carbocycles. The van der Waals surface area contributed by atoms with E-state index in [0.717, 1.165) is 21.2 Å². The van der Waals surface area contributed by atoms with E-state index >= 15 is 0 Å². The smallest absolute Gasteiger partial charge is 0.303 e. The first-order valence-corrected chi connectivity index (χ1v) is 7.35. The van der Waals surface area contributed by atoms with Crippen molar-refractivity contribution >= 4 is 21.9 Å². The lowest BCUT2D eigenvalue weighted by atomic mass is 10.0. The molecule has 21 heavy (non-hydrogen) atoms. The van der Waals surface area contributed by atoms with E-state index in [4.69, 9.17) is 4.74 Å². The second kappa shape index (κ2) is 7.33. The van der Waals surface area contributed by atoms with E-state index in [-0.39, 0.29) is 12.7 Å². The van der Waals surface area contributed by atoms with E-state index in [1.54, 1.807) is 6.20 Å². The minimum absolute atomic E-state index is 0.268. The van der Waals surface area contributed by atoms with Gasteiger partial charge in [0, 0.05) is 35.9 Å². The van der Waals surface area contributed by atoms with Crippen LogP contribution in [0.15, 0.2) is 47.2 Å². The van der Waals surface area contributed by atoms with Crippen LogP contribution in [0.2, 0.25) is 0 Å². The van der Waals surface area contributed by atoms with Crippen LogP contribution in [-0.4, -0.2) is 29.6 Å². The summed E-state index contributed by atoms with van der Waals surface area (Å²) in [5.41, 5.74) is 3.33. The molecule has 0 aliphatic heterocycles. The van der Waals surface area contributed by atoms with Crippen LogP contribution in [0.4, 0.5) is 0 Å². The topological polar surface area (TPSA) is 42.4 Å². The molecule has 0 saturated carbocycles. The quantitative estimate of drug-likeness (QED) is 0.612. The molecule has 4 nitrogen and oxygen atoms in total. The lowest BCUT2D eigenvalue weighted by Crippen LogP contribution is -2.22. The molecule has 0 unspecified atom stereocenters. The van der Waals surface area contributed by atoms with Crippen LogP contribution >= 0.6 is 15.9 Å². The predicted molar refractivity (Wildman–Crippen MR) is 85.5 cm³/mol. The second-order valence-corrected chi connectivity index (χ2v) is 5.79. The van der Waals surface area contributed by atoms with Crippen LogP contribution in [0.5, 0.6) is 0 Å². The molecule has 1 aromatic carbocycles. The highest BCUT2D eigenvalue weighted by molar-refractivity contribution is 9.10. The van der Waals surface area contributed by atoms with E-state index in [1.807, 2.05) is 30.3 Å². The number of aromatic nitrogens is 1. The van der Waals surface area contributed by atoms with Gasteiger partial charge in [0.1, 0.15) is 6.73 Å². The van der Waals surface area contributed by atoms with Crippen molar-refractivity contribution < 1.29 is 9.53 Å². The molecule has 5 heteroatoms. The van der Waals surface area contributed by atoms with Crippen LogP contribution in [0.1, 0.15) is 12.5 Å². The molecule has 0 amide bonds. The molecular formula is C16H17BrN2O2. The fourth-order valence-electron chi connectivity index (χ4n) is 1.98. The van der Waals surface area contributed by atoms with Crippen LogP contribution in [0.3, 0.4) is 0 Å². The summed E-state index contributed by atoms with van der Waals surface area (Å²) in [6.45, 7) is 2.41. The molecule has 1 heterocycles. The Labute approximate surface area is 132 Å². The average Bonchev–Trinajstić information content (AvgIpc) is 2.45. The molecule has 110 valence electrons. The van der Waals surface area contributed by atoms with Crippen LogP contribution in [0.25, 0.3) is 11.1 Å². The van der Waals surface area contributed by atoms with E-state index in [0.29, 0.717) is 6.54 Å². The van der Waals surface area contributed by atoms with Gasteiger partial charge in [0.25, 0.3) is 0 Å². The Morgan fingerprint density at radius 1 is 1.29 bits per heavy atom. The normalized spacial score (nSPS) is 10.7. The van der Waals surface area contributed by atoms with Gasteiger partial charge in [-0.25, -0.2) is 0 Å². The molecular weight excluding hydrogens is 332 g/mol. The number of benzene rings is 1. The maximum Gasteiger partial charge on any atom is 0.303 e. The fourth-order valence-corrected chi connectivity index (χ4v) is 2.34. The van der Waals surface area contributed by atoms with E-state index in [9.17, 15) is 4.79 Å². The van der Waals surface area contributed by atoms with E-state index in [2.05, 4.69) is 39.1 Å². The zero-order valence-electron chi connectivity index (χ0n) is 12.0. The lowest BCUT2D eigenvalue weighted by Gasteiger charge is -2.16. The molecule has 1 aromatic heterocycles. The molecule has 0 fully saturated rings. The number of halogens is 1. The largest absolute Gasteiger partial charge is 0.450 e. The van der Waals surface area contributed by atoms with Gasteiger partial charge < -0.3 is 4.74 Å². The SMILES string of the molecule is CC(=O)OCN(C)Cc1cccc(-c2cncc(Br)c2)c1. The van der Waals surface area contributed by atoms with Gasteiger partial charge in [0.2, 0.25) is 0 Å². The van der Waals surface area contributed by atoms with E-state index in [1.165, 1.54) is 6.92 Å². The van der Waals surface area contributed by atoms with Crippen molar-refractivity contribution in [3.05, 3.63) is 52.8 Å². The Morgan fingerprint density at radius 3 is 2.81 bits per heavy atom. The monoisotopic (exact) mass is 348 g/mol. The zero-order valence-corrected chi connectivity index (χ0v) is 13.6. The molecule has 0 aliphatic rings. The third-order valence-electron chi connectivity index (χ3n) is 2.91. The molecule has 0 atom stereocenters. The summed E-state index contributed by atoms with van der Waals surface area (Å²) in [6, 6.07) is 10.3. The molecule has 0 saturated heterocycles. The highest BCUT2D eigenvalue weighted by Crippen LogP contribution is 2.23. The first-order chi connectivity index (χ1) is 10.0. The zero-order chi connectivity index (χ0) is 15.2. The molecule has 0 N–H and O–H groups in total. The number of esters is 1. The number of carbonyl (C=O) groups excluding carboxylic acids is 1. The highest BCUT2D eigenvalue weighted by atomic mass is 79.9. The Bertz CT molecular complexity index is 631. The summed E-state index contributed by atoms with van der Waals surface area (Å²) in [5, 5.41) is 0. The Kier molecular flexibility index (Phi) is 5.47. The number of hydrogen-bond donors (Lipinski definition) is 0. The van der Waals surface area contributed by atoms with Crippen molar-refractivity contribution in [1.29, 1.82) is 0 Å². The Balaban J connectivity index is 2.09. The third kappa shape index (κ3) is 4.95. The van der Waals surface area contributed by atoms with Gasteiger partial charge in [0.15, 0.2) is 0 Å². The number of nitrogens with zero attached hydrogens (tertiary/aromatic N) is 2. The van der Waals surface area contributed by atoms with Crippen molar-refractivity contribution in [3.63, 3.8) is 0 Å². The second-order valence-electron chi connectivity index (χ2n) is 4.87. The number of pyridine rings is 1. The van der Waals surface area contributed by atoms with Crippen molar-refractivity contribution in [2.45, 2.75) is 13.5 Å². The van der Waals surface area contributed by atoms with Crippen molar-refractivity contribution in [2.75, 3.05) is 13.8 Å². The van der Waals surface area contributed by atoms with Crippen molar-refractivity contribution in [3.8, 4) is 11.1 Å². The molecule has 0 radical (unpaired) electrons. The molecule has 2 rings (SSSR count). The number of ether oxygens (including phenoxy) is 1. The Morgan fingerprint density at radius 2 is 2.10 bits per heavy atom. The van der Waals surface area contributed by atoms with Crippen molar-refractivity contribution in [2.24, 2.45) is 0 Å². The van der Waals surface area contributed by atoms with Crippen LogP contribution in [-0.2, 0) is 16.1 Å². The first-order valence-electron chi connectivity index (χ1n) is 6.56. The lowest BCUT2D eigenvalue weighted by molar-refractivity contribution is -0.145. The number of rotatable bonds is 5. The van der Waals surface area contributed by atoms with Crippen LogP contribution in [0, 0.1) is 0 Å². The standard InChI is InChI=1S/C16H17BrN2O2/c1-12(20)21-11-19(2)10-13-4-3-5-14(6-13)15-7-16(17)9-18-8-15/h3-9H,10-11H2,1-2H3. The van der Waals surface area contributed by atoms with Gasteiger partial charge in [-0.3, -0.25) is 14.7 Å². The summed E-state index contributed by atoms with van der Waals surface area (Å²) in [6.07, 6.45) is 3.60. The Hall–Kier alpha value is -1.72. The van der Waals surface area contributed by atoms with Gasteiger partial charge >= 0.3 is 5.97 Å². The predicted octanol–water partition coefficient (Wildman–Crippen LogP) is 3.46. The van der Waals surface area contributed by atoms with Gasteiger partial charge in [-0.2, -0.15) is 0 Å². The summed E-state index contributed by atoms with van der Waals surface area (Å²) in [7, 11) is 1.91. The molecule has 2 aromatic rings. The fraction of sp³-hybridized carbons (Fsp3) is 0.250. The van der Waals surface area contributed by atoms with E-state index < -0.39 is 0 Å². The van der Waals surface area contributed by atoms with Gasteiger partial charge in [0.05, 0.1) is 0 Å². The minimum Gasteiger partial charge on any atom is -0.450 e. The van der Waals surface area contributed by atoms with Gasteiger partial charge in [-0.15, -0.1) is 0 Å². The molecule has 0 spiro atoms. The first kappa shape index (κ1) is 15.7. The van der Waals surface area contributed by atoms with Gasteiger partial charge in [-0.05, 0) is 46.2 Å². The maximum absolute atomic E-state index is 10.8. The van der Waals surface area contributed by atoms with Gasteiger partial charge in [-0.1, -0.05) is 18.2 Å². The average molecular weight is 349 g/mol. The maximum atomic E-state index is 10.8. The number of carbonyl (C=O) groups is 1. The van der Waals surface area contributed by atoms with Crippen LogP contribution < -0.4 is 0 Å². The summed E-state index contributed by atoms with van der Waals surface area (Å²) >= 11 is 3.43. The summed E-state index contributed by atoms with van der Waals surface area (Å²) in [5.74, 6) is -0.268. The molecule has 0 bridgehead atoms.